The van der Waals surface area contributed by atoms with E-state index in [1.807, 2.05) is 60.9 Å². The van der Waals surface area contributed by atoms with Gasteiger partial charge in [-0.15, -0.1) is 0 Å². The van der Waals surface area contributed by atoms with Gasteiger partial charge in [0.2, 0.25) is 0 Å². The number of esters is 2. The maximum atomic E-state index is 12.3. The fourth-order valence-electron chi connectivity index (χ4n) is 3.96. The van der Waals surface area contributed by atoms with E-state index >= 15 is 0 Å². The summed E-state index contributed by atoms with van der Waals surface area (Å²) in [5.74, 6) is -0.841. The average molecular weight is 463 g/mol. The predicted molar refractivity (Wildman–Crippen MR) is 130 cm³/mol. The van der Waals surface area contributed by atoms with E-state index in [0.717, 1.165) is 21.8 Å². The molecule has 0 radical (unpaired) electrons. The second-order valence-electron chi connectivity index (χ2n) is 8.93. The van der Waals surface area contributed by atoms with Crippen LogP contribution in [-0.4, -0.2) is 21.9 Å². The van der Waals surface area contributed by atoms with E-state index < -0.39 is 23.4 Å². The second-order valence-corrected chi connectivity index (χ2v) is 8.93. The summed E-state index contributed by atoms with van der Waals surface area (Å²) in [5.41, 5.74) is 13.4. The van der Waals surface area contributed by atoms with Crippen LogP contribution in [0.4, 0.5) is 0 Å². The van der Waals surface area contributed by atoms with Crippen molar-refractivity contribution in [3.63, 3.8) is 0 Å². The Bertz CT molecular complexity index is 1220. The molecule has 0 bridgehead atoms. The first-order valence-electron chi connectivity index (χ1n) is 11.3. The minimum Gasteiger partial charge on any atom is -0.440 e. The maximum Gasteiger partial charge on any atom is 0.307 e. The zero-order valence-electron chi connectivity index (χ0n) is 19.4. The van der Waals surface area contributed by atoms with E-state index in [9.17, 15) is 9.59 Å². The number of nitrogens with one attached hydrogen (secondary N) is 2. The third-order valence-electron chi connectivity index (χ3n) is 5.92. The zero-order valence-corrected chi connectivity index (χ0v) is 19.4. The molecule has 2 unspecified atom stereocenters. The Morgan fingerprint density at radius 3 is 1.56 bits per heavy atom. The van der Waals surface area contributed by atoms with Crippen molar-refractivity contribution < 1.29 is 19.1 Å². The first kappa shape index (κ1) is 23.5. The van der Waals surface area contributed by atoms with E-state index in [2.05, 4.69) is 9.97 Å². The fourth-order valence-corrected chi connectivity index (χ4v) is 3.96. The quantitative estimate of drug-likeness (QED) is 0.167. The number of aromatic amines is 2. The van der Waals surface area contributed by atoms with Crippen molar-refractivity contribution in [3.05, 3.63) is 72.1 Å². The lowest BCUT2D eigenvalue weighted by Gasteiger charge is -2.26. The molecule has 0 aliphatic rings. The number of carbonyl (C=O) groups excluding carboxylic acids is 2. The molecular formula is C26H30N4O4. The first-order valence-corrected chi connectivity index (χ1v) is 11.3. The van der Waals surface area contributed by atoms with Gasteiger partial charge in [0.15, 0.2) is 11.4 Å². The van der Waals surface area contributed by atoms with E-state index in [1.165, 1.54) is 0 Å². The number of H-pyrrole nitrogens is 2. The number of carbonyl (C=O) groups is 2. The van der Waals surface area contributed by atoms with Crippen LogP contribution in [0.25, 0.3) is 21.8 Å². The molecule has 0 fully saturated rings. The molecule has 6 N–H and O–H groups in total. The van der Waals surface area contributed by atoms with Crippen LogP contribution in [-0.2, 0) is 30.5 Å². The summed E-state index contributed by atoms with van der Waals surface area (Å²) >= 11 is 0. The normalized spacial score (nSPS) is 15.1. The number of benzene rings is 2. The Balaban J connectivity index is 1.23. The Morgan fingerprint density at radius 1 is 0.735 bits per heavy atom. The topological polar surface area (TPSA) is 136 Å². The maximum absolute atomic E-state index is 12.3. The Hall–Kier alpha value is -3.62. The lowest BCUT2D eigenvalue weighted by atomic mass is 10.0. The lowest BCUT2D eigenvalue weighted by molar-refractivity contribution is -0.161. The number of ether oxygens (including phenoxy) is 2. The minimum atomic E-state index is -1.25. The minimum absolute atomic E-state index is 0.149. The van der Waals surface area contributed by atoms with Crippen molar-refractivity contribution in [2.24, 2.45) is 11.5 Å². The molecule has 8 heteroatoms. The Morgan fingerprint density at radius 2 is 1.15 bits per heavy atom. The third-order valence-corrected chi connectivity index (χ3v) is 5.92. The molecule has 8 nitrogen and oxygen atoms in total. The van der Waals surface area contributed by atoms with Crippen molar-refractivity contribution in [2.45, 2.75) is 51.0 Å². The lowest BCUT2D eigenvalue weighted by Crippen LogP contribution is -2.38. The molecular weight excluding hydrogens is 432 g/mol. The van der Waals surface area contributed by atoms with Gasteiger partial charge in [0.1, 0.15) is 0 Å². The van der Waals surface area contributed by atoms with Crippen LogP contribution in [0.1, 0.15) is 50.7 Å². The van der Waals surface area contributed by atoms with Crippen molar-refractivity contribution >= 4 is 33.7 Å². The molecule has 0 saturated carbocycles. The van der Waals surface area contributed by atoms with Crippen molar-refractivity contribution in [3.8, 4) is 0 Å². The number of unbranched alkanes of at least 4 members (excludes halogenated alkanes) is 1. The van der Waals surface area contributed by atoms with Crippen molar-refractivity contribution in [2.75, 3.05) is 0 Å². The highest BCUT2D eigenvalue weighted by atomic mass is 16.6. The van der Waals surface area contributed by atoms with Crippen LogP contribution in [0.2, 0.25) is 0 Å². The summed E-state index contributed by atoms with van der Waals surface area (Å²) in [6.45, 7) is 3.31. The van der Waals surface area contributed by atoms with E-state index in [1.54, 1.807) is 13.8 Å². The highest BCUT2D eigenvalue weighted by molar-refractivity contribution is 5.81. The van der Waals surface area contributed by atoms with Crippen LogP contribution in [0.3, 0.4) is 0 Å². The highest BCUT2D eigenvalue weighted by Crippen LogP contribution is 2.26. The van der Waals surface area contributed by atoms with Crippen LogP contribution in [0.5, 0.6) is 0 Å². The van der Waals surface area contributed by atoms with Crippen LogP contribution in [0, 0.1) is 0 Å². The predicted octanol–water partition coefficient (Wildman–Crippen LogP) is 4.26. The molecule has 34 heavy (non-hydrogen) atoms. The molecule has 2 heterocycles. The van der Waals surface area contributed by atoms with Crippen LogP contribution >= 0.6 is 0 Å². The number of hydrogen-bond acceptors (Lipinski definition) is 6. The van der Waals surface area contributed by atoms with Crippen LogP contribution < -0.4 is 11.5 Å². The molecule has 0 amide bonds. The van der Waals surface area contributed by atoms with Crippen LogP contribution in [0.15, 0.2) is 60.9 Å². The summed E-state index contributed by atoms with van der Waals surface area (Å²) in [6, 6.07) is 15.1. The van der Waals surface area contributed by atoms with E-state index in [-0.39, 0.29) is 12.8 Å². The van der Waals surface area contributed by atoms with Gasteiger partial charge >= 0.3 is 11.9 Å². The molecule has 2 atom stereocenters. The number of rotatable bonds is 9. The number of nitrogens with two attached hydrogens (primary N) is 2. The standard InChI is InChI=1S/C26H30N4O4/c1-25(27,19-7-9-21-17(15-19)11-13-29-21)33-23(31)5-3-4-6-24(32)34-26(2,28)20-8-10-22-18(16-20)12-14-30-22/h7-16,29-30H,3-6,27-28H2,1-2H3. The molecule has 0 spiro atoms. The zero-order chi connectivity index (χ0) is 24.3. The van der Waals surface area contributed by atoms with Gasteiger partial charge in [-0.05, 0) is 73.9 Å². The molecule has 4 rings (SSSR count). The largest absolute Gasteiger partial charge is 0.440 e. The van der Waals surface area contributed by atoms with Gasteiger partial charge in [-0.3, -0.25) is 21.1 Å². The van der Waals surface area contributed by atoms with Crippen molar-refractivity contribution in [1.29, 1.82) is 0 Å². The molecule has 4 aromatic rings. The second kappa shape index (κ2) is 9.32. The van der Waals surface area contributed by atoms with E-state index in [0.29, 0.717) is 24.0 Å². The smallest absolute Gasteiger partial charge is 0.307 e. The Kier molecular flexibility index (Phi) is 6.45. The summed E-state index contributed by atoms with van der Waals surface area (Å²) in [5, 5.41) is 1.98. The number of aromatic nitrogens is 2. The molecule has 2 aromatic carbocycles. The average Bonchev–Trinajstić information content (AvgIpc) is 3.44. The van der Waals surface area contributed by atoms with Gasteiger partial charge in [-0.1, -0.05) is 12.1 Å². The molecule has 178 valence electrons. The monoisotopic (exact) mass is 462 g/mol. The van der Waals surface area contributed by atoms with E-state index in [4.69, 9.17) is 20.9 Å². The summed E-state index contributed by atoms with van der Waals surface area (Å²) in [7, 11) is 0. The first-order chi connectivity index (χ1) is 16.1. The molecule has 0 saturated heterocycles. The van der Waals surface area contributed by atoms with Crippen molar-refractivity contribution in [1.82, 2.24) is 9.97 Å². The van der Waals surface area contributed by atoms with Gasteiger partial charge in [-0.25, -0.2) is 0 Å². The highest BCUT2D eigenvalue weighted by Gasteiger charge is 2.28. The summed E-state index contributed by atoms with van der Waals surface area (Å²) < 4.78 is 11.0. The van der Waals surface area contributed by atoms with Gasteiger partial charge in [0, 0.05) is 47.4 Å². The van der Waals surface area contributed by atoms with Gasteiger partial charge in [-0.2, -0.15) is 0 Å². The summed E-state index contributed by atoms with van der Waals surface area (Å²) in [6.07, 6.45) is 4.92. The molecule has 0 aliphatic heterocycles. The third kappa shape index (κ3) is 5.30. The van der Waals surface area contributed by atoms with Gasteiger partial charge < -0.3 is 19.4 Å². The Labute approximate surface area is 197 Å². The molecule has 0 aliphatic carbocycles. The summed E-state index contributed by atoms with van der Waals surface area (Å²) in [4.78, 5) is 30.9. The molecule has 2 aromatic heterocycles. The van der Waals surface area contributed by atoms with Gasteiger partial charge in [0.05, 0.1) is 0 Å². The van der Waals surface area contributed by atoms with Gasteiger partial charge in [0.25, 0.3) is 0 Å². The SMILES string of the molecule is CC(N)(OC(=O)CCCCC(=O)OC(C)(N)c1ccc2[nH]ccc2c1)c1ccc2[nH]ccc2c1. The number of hydrogen-bond donors (Lipinski definition) is 4. The fraction of sp³-hybridized carbons (Fsp3) is 0.308. The number of fused-ring (bicyclic) bond motifs is 2.